The minimum absolute atomic E-state index is 0.318. The number of halogens is 3. The minimum atomic E-state index is -4.88. The van der Waals surface area contributed by atoms with E-state index in [-0.39, 0.29) is 0 Å². The van der Waals surface area contributed by atoms with Gasteiger partial charge < -0.3 is 5.11 Å². The van der Waals surface area contributed by atoms with Crippen molar-refractivity contribution in [2.75, 3.05) is 6.54 Å². The van der Waals surface area contributed by atoms with Crippen molar-refractivity contribution in [3.63, 3.8) is 0 Å². The first-order valence-corrected chi connectivity index (χ1v) is 7.00. The van der Waals surface area contributed by atoms with Gasteiger partial charge in [0.15, 0.2) is 6.10 Å². The van der Waals surface area contributed by atoms with Crippen LogP contribution >= 0.6 is 0 Å². The summed E-state index contributed by atoms with van der Waals surface area (Å²) in [5.41, 5.74) is 0.657. The van der Waals surface area contributed by atoms with Crippen LogP contribution < -0.4 is 4.72 Å². The summed E-state index contributed by atoms with van der Waals surface area (Å²) in [6.07, 6.45) is -7.63. The van der Waals surface area contributed by atoms with Crippen LogP contribution in [0.5, 0.6) is 0 Å². The van der Waals surface area contributed by atoms with Crippen LogP contribution in [0.3, 0.4) is 0 Å². The lowest BCUT2D eigenvalue weighted by atomic mass is 10.2. The fourth-order valence-corrected chi connectivity index (χ4v) is 2.41. The molecule has 1 atom stereocenters. The van der Waals surface area contributed by atoms with Crippen molar-refractivity contribution < 1.29 is 26.7 Å². The Morgan fingerprint density at radius 3 is 2.30 bits per heavy atom. The largest absolute Gasteiger partial charge is 0.415 e. The van der Waals surface area contributed by atoms with Gasteiger partial charge in [0.1, 0.15) is 0 Å². The van der Waals surface area contributed by atoms with E-state index in [1.165, 1.54) is 24.3 Å². The number of nitrogens with one attached hydrogen (secondary N) is 1. The molecule has 0 saturated carbocycles. The van der Waals surface area contributed by atoms with E-state index in [1.54, 1.807) is 4.72 Å². The van der Waals surface area contributed by atoms with Crippen LogP contribution in [0.1, 0.15) is 11.1 Å². The van der Waals surface area contributed by atoms with Crippen LogP contribution in [0.15, 0.2) is 24.3 Å². The van der Waals surface area contributed by atoms with E-state index in [0.29, 0.717) is 11.1 Å². The highest BCUT2D eigenvalue weighted by Gasteiger charge is 2.38. The predicted molar refractivity (Wildman–Crippen MR) is 63.8 cm³/mol. The van der Waals surface area contributed by atoms with E-state index in [4.69, 9.17) is 10.4 Å². The molecule has 1 aromatic rings. The van der Waals surface area contributed by atoms with Crippen molar-refractivity contribution in [1.29, 1.82) is 5.26 Å². The molecule has 1 rings (SSSR count). The van der Waals surface area contributed by atoms with Gasteiger partial charge in [-0.05, 0) is 17.7 Å². The molecule has 0 saturated heterocycles. The molecule has 0 aromatic heterocycles. The van der Waals surface area contributed by atoms with Gasteiger partial charge in [0.25, 0.3) is 0 Å². The molecule has 1 unspecified atom stereocenters. The summed E-state index contributed by atoms with van der Waals surface area (Å²) < 4.78 is 60.8. The van der Waals surface area contributed by atoms with Crippen molar-refractivity contribution in [3.8, 4) is 6.07 Å². The fraction of sp³-hybridized carbons (Fsp3) is 0.364. The van der Waals surface area contributed by atoms with Crippen LogP contribution in [-0.2, 0) is 15.8 Å². The number of hydrogen-bond donors (Lipinski definition) is 2. The number of aliphatic hydroxyl groups is 1. The first kappa shape index (κ1) is 16.4. The molecular formula is C11H11F3N2O3S. The second kappa shape index (κ2) is 6.21. The molecule has 9 heteroatoms. The first-order chi connectivity index (χ1) is 9.14. The number of rotatable bonds is 5. The number of aliphatic hydroxyl groups excluding tert-OH is 1. The average molecular weight is 308 g/mol. The molecule has 5 nitrogen and oxygen atoms in total. The summed E-state index contributed by atoms with van der Waals surface area (Å²) in [4.78, 5) is 0. The van der Waals surface area contributed by atoms with Crippen LogP contribution in [0, 0.1) is 11.3 Å². The third kappa shape index (κ3) is 5.16. The Morgan fingerprint density at radius 1 is 1.30 bits per heavy atom. The first-order valence-electron chi connectivity index (χ1n) is 5.35. The van der Waals surface area contributed by atoms with Crippen molar-refractivity contribution in [3.05, 3.63) is 35.4 Å². The zero-order chi connectivity index (χ0) is 15.4. The summed E-state index contributed by atoms with van der Waals surface area (Å²) in [5, 5.41) is 17.3. The number of sulfonamides is 1. The van der Waals surface area contributed by atoms with E-state index >= 15 is 0 Å². The zero-order valence-electron chi connectivity index (χ0n) is 10.1. The second-order valence-corrected chi connectivity index (χ2v) is 5.78. The van der Waals surface area contributed by atoms with Gasteiger partial charge in [-0.1, -0.05) is 12.1 Å². The standard InChI is InChI=1S/C11H11F3N2O3S/c12-11(13,14)10(17)6-16-20(18,19)7-9-3-1-8(5-15)2-4-9/h1-4,10,16-17H,6-7H2. The second-order valence-electron chi connectivity index (χ2n) is 3.97. The molecular weight excluding hydrogens is 297 g/mol. The van der Waals surface area contributed by atoms with Gasteiger partial charge in [-0.25, -0.2) is 13.1 Å². The monoisotopic (exact) mass is 308 g/mol. The number of nitriles is 1. The zero-order valence-corrected chi connectivity index (χ0v) is 10.9. The van der Waals surface area contributed by atoms with Crippen molar-refractivity contribution >= 4 is 10.0 Å². The van der Waals surface area contributed by atoms with Crippen LogP contribution in [0.25, 0.3) is 0 Å². The molecule has 1 aromatic carbocycles. The van der Waals surface area contributed by atoms with Crippen LogP contribution in [0.2, 0.25) is 0 Å². The van der Waals surface area contributed by atoms with Gasteiger partial charge in [-0.3, -0.25) is 0 Å². The average Bonchev–Trinajstić information content (AvgIpc) is 2.35. The Bertz CT molecular complexity index is 591. The molecule has 0 spiro atoms. The summed E-state index contributed by atoms with van der Waals surface area (Å²) in [6, 6.07) is 7.42. The number of hydrogen-bond acceptors (Lipinski definition) is 4. The normalized spacial score (nSPS) is 13.8. The third-order valence-corrected chi connectivity index (χ3v) is 3.63. The lowest BCUT2D eigenvalue weighted by Crippen LogP contribution is -2.41. The van der Waals surface area contributed by atoms with Crippen LogP contribution in [0.4, 0.5) is 13.2 Å². The quantitative estimate of drug-likeness (QED) is 0.845. The highest BCUT2D eigenvalue weighted by Crippen LogP contribution is 2.19. The number of benzene rings is 1. The Balaban J connectivity index is 2.64. The summed E-state index contributed by atoms with van der Waals surface area (Å²) >= 11 is 0. The van der Waals surface area contributed by atoms with E-state index in [1.807, 2.05) is 6.07 Å². The molecule has 0 aliphatic heterocycles. The van der Waals surface area contributed by atoms with Crippen LogP contribution in [-0.4, -0.2) is 32.3 Å². The summed E-state index contributed by atoms with van der Waals surface area (Å²) in [6.45, 7) is -1.14. The van der Waals surface area contributed by atoms with Crippen molar-refractivity contribution in [1.82, 2.24) is 4.72 Å². The van der Waals surface area contributed by atoms with Gasteiger partial charge in [0, 0.05) is 6.54 Å². The smallest absolute Gasteiger partial charge is 0.382 e. The maximum absolute atomic E-state index is 12.0. The maximum atomic E-state index is 12.0. The summed E-state index contributed by atoms with van der Waals surface area (Å²) in [5.74, 6) is -0.538. The topological polar surface area (TPSA) is 90.2 Å². The molecule has 0 aliphatic carbocycles. The van der Waals surface area contributed by atoms with Gasteiger partial charge in [-0.15, -0.1) is 0 Å². The molecule has 0 aliphatic rings. The van der Waals surface area contributed by atoms with Crippen molar-refractivity contribution in [2.45, 2.75) is 18.0 Å². The maximum Gasteiger partial charge on any atom is 0.415 e. The van der Waals surface area contributed by atoms with Gasteiger partial charge in [-0.2, -0.15) is 18.4 Å². The summed E-state index contributed by atoms with van der Waals surface area (Å²) in [7, 11) is -4.00. The van der Waals surface area contributed by atoms with Gasteiger partial charge in [0.05, 0.1) is 17.4 Å². The molecule has 0 bridgehead atoms. The Hall–Kier alpha value is -1.63. The van der Waals surface area contributed by atoms with E-state index in [0.717, 1.165) is 0 Å². The Kier molecular flexibility index (Phi) is 5.10. The van der Waals surface area contributed by atoms with Gasteiger partial charge >= 0.3 is 6.18 Å². The lowest BCUT2D eigenvalue weighted by Gasteiger charge is -2.15. The molecule has 20 heavy (non-hydrogen) atoms. The van der Waals surface area contributed by atoms with E-state index in [9.17, 15) is 21.6 Å². The Labute approximate surface area is 113 Å². The molecule has 0 radical (unpaired) electrons. The molecule has 2 N–H and O–H groups in total. The fourth-order valence-electron chi connectivity index (χ4n) is 1.27. The predicted octanol–water partition coefficient (Wildman–Crippen LogP) is 0.901. The lowest BCUT2D eigenvalue weighted by molar-refractivity contribution is -0.200. The highest BCUT2D eigenvalue weighted by atomic mass is 32.2. The van der Waals surface area contributed by atoms with Gasteiger partial charge in [0.2, 0.25) is 10.0 Å². The molecule has 0 heterocycles. The molecule has 110 valence electrons. The van der Waals surface area contributed by atoms with E-state index < -0.39 is 34.6 Å². The number of alkyl halides is 3. The van der Waals surface area contributed by atoms with Crippen molar-refractivity contribution in [2.24, 2.45) is 0 Å². The molecule has 0 fully saturated rings. The minimum Gasteiger partial charge on any atom is -0.382 e. The molecule has 0 amide bonds. The highest BCUT2D eigenvalue weighted by molar-refractivity contribution is 7.88. The Morgan fingerprint density at radius 2 is 1.85 bits per heavy atom. The SMILES string of the molecule is N#Cc1ccc(CS(=O)(=O)NCC(O)C(F)(F)F)cc1. The third-order valence-electron chi connectivity index (χ3n) is 2.31. The van der Waals surface area contributed by atoms with E-state index in [2.05, 4.69) is 0 Å². The number of nitrogens with zero attached hydrogens (tertiary/aromatic N) is 1.